The van der Waals surface area contributed by atoms with E-state index in [1.54, 1.807) is 0 Å². The van der Waals surface area contributed by atoms with Crippen molar-refractivity contribution < 1.29 is 8.53 Å². The molecule has 1 unspecified atom stereocenters. The fraction of sp³-hybridized carbons (Fsp3) is 1.00. The second-order valence-electron chi connectivity index (χ2n) is 4.52. The average Bonchev–Trinajstić information content (AvgIpc) is 2.28. The molecule has 0 spiro atoms. The second kappa shape index (κ2) is 8.59. The Hall–Kier alpha value is 0.452. The summed E-state index contributed by atoms with van der Waals surface area (Å²) in [6, 6.07) is 0. The van der Waals surface area contributed by atoms with Gasteiger partial charge in [0.05, 0.1) is 6.10 Å². The van der Waals surface area contributed by atoms with Crippen LogP contribution in [0.25, 0.3) is 0 Å². The molecule has 0 N–H and O–H groups in total. The van der Waals surface area contributed by atoms with Crippen molar-refractivity contribution in [3.05, 3.63) is 0 Å². The van der Waals surface area contributed by atoms with Crippen molar-refractivity contribution in [2.45, 2.75) is 62.6 Å². The first-order valence-electron chi connectivity index (χ1n) is 6.60. The van der Waals surface area contributed by atoms with Crippen LogP contribution in [-0.2, 0) is 8.53 Å². The Labute approximate surface area is 99.1 Å². The van der Waals surface area contributed by atoms with E-state index in [4.69, 9.17) is 8.53 Å². The highest BCUT2D eigenvalue weighted by atomic mass is 27.2. The van der Waals surface area contributed by atoms with E-state index in [-0.39, 0.29) is 0 Å². The van der Waals surface area contributed by atoms with Gasteiger partial charge < -0.3 is 8.53 Å². The summed E-state index contributed by atoms with van der Waals surface area (Å²) in [5.74, 6) is 0. The molecule has 2 nitrogen and oxygen atoms in total. The summed E-state index contributed by atoms with van der Waals surface area (Å²) in [4.78, 5) is 0. The molecule has 0 saturated carbocycles. The van der Waals surface area contributed by atoms with Crippen LogP contribution in [0.5, 0.6) is 0 Å². The van der Waals surface area contributed by atoms with Crippen LogP contribution in [0.3, 0.4) is 0 Å². The Bertz CT molecular complexity index is 141. The highest BCUT2D eigenvalue weighted by Gasteiger charge is 2.21. The molecule has 1 rings (SSSR count). The topological polar surface area (TPSA) is 18.5 Å². The van der Waals surface area contributed by atoms with Gasteiger partial charge in [0.2, 0.25) is 0 Å². The Morgan fingerprint density at radius 2 is 1.93 bits per heavy atom. The van der Waals surface area contributed by atoms with Crippen LogP contribution in [0.15, 0.2) is 0 Å². The van der Waals surface area contributed by atoms with E-state index in [9.17, 15) is 0 Å². The Morgan fingerprint density at radius 1 is 1.20 bits per heavy atom. The van der Waals surface area contributed by atoms with Crippen molar-refractivity contribution in [1.29, 1.82) is 0 Å². The van der Waals surface area contributed by atoms with Gasteiger partial charge in [0.1, 0.15) is 0 Å². The zero-order valence-corrected chi connectivity index (χ0v) is 11.5. The van der Waals surface area contributed by atoms with E-state index in [0.29, 0.717) is 6.10 Å². The van der Waals surface area contributed by atoms with Gasteiger partial charge in [0, 0.05) is 13.2 Å². The molecule has 0 amide bonds. The molecule has 15 heavy (non-hydrogen) atoms. The molecule has 1 fully saturated rings. The fourth-order valence-electron chi connectivity index (χ4n) is 2.14. The zero-order chi connectivity index (χ0) is 10.9. The van der Waals surface area contributed by atoms with Crippen LogP contribution >= 0.6 is 0 Å². The summed E-state index contributed by atoms with van der Waals surface area (Å²) < 4.78 is 11.8. The normalized spacial score (nSPS) is 21.6. The summed E-state index contributed by atoms with van der Waals surface area (Å²) in [6.07, 6.45) is 6.73. The van der Waals surface area contributed by atoms with E-state index in [2.05, 4.69) is 13.8 Å². The maximum Gasteiger partial charge on any atom is 0.460 e. The van der Waals surface area contributed by atoms with Crippen LogP contribution in [0.4, 0.5) is 0 Å². The third-order valence-electron chi connectivity index (χ3n) is 3.01. The fourth-order valence-corrected chi connectivity index (χ4v) is 4.53. The van der Waals surface area contributed by atoms with Gasteiger partial charge in [-0.3, -0.25) is 0 Å². The van der Waals surface area contributed by atoms with Crippen molar-refractivity contribution in [2.24, 2.45) is 0 Å². The summed E-state index contributed by atoms with van der Waals surface area (Å²) in [6.45, 7) is 6.34. The first-order valence-corrected chi connectivity index (χ1v) is 8.70. The van der Waals surface area contributed by atoms with Crippen LogP contribution in [0, 0.1) is 0 Å². The highest BCUT2D eigenvalue weighted by Crippen LogP contribution is 2.15. The average molecular weight is 228 g/mol. The van der Waals surface area contributed by atoms with Crippen molar-refractivity contribution in [3.8, 4) is 0 Å². The van der Waals surface area contributed by atoms with E-state index < -0.39 is 14.5 Å². The van der Waals surface area contributed by atoms with Crippen molar-refractivity contribution >= 4 is 14.5 Å². The molecule has 1 aliphatic rings. The van der Waals surface area contributed by atoms with E-state index in [1.165, 1.54) is 42.7 Å². The van der Waals surface area contributed by atoms with Crippen molar-refractivity contribution in [2.75, 3.05) is 13.2 Å². The van der Waals surface area contributed by atoms with Gasteiger partial charge in [-0.25, -0.2) is 0 Å². The molecule has 1 saturated heterocycles. The highest BCUT2D eigenvalue weighted by molar-refractivity contribution is 6.51. The first-order chi connectivity index (χ1) is 7.36. The number of ether oxygens (including phenoxy) is 1. The lowest BCUT2D eigenvalue weighted by Gasteiger charge is -2.24. The molecule has 0 bridgehead atoms. The lowest BCUT2D eigenvalue weighted by molar-refractivity contribution is -0.0120. The number of hydrogen-bond donors (Lipinski definition) is 0. The van der Waals surface area contributed by atoms with Crippen molar-refractivity contribution in [1.82, 2.24) is 0 Å². The molecule has 3 heteroatoms. The molecule has 0 aromatic rings. The van der Waals surface area contributed by atoms with E-state index in [1.807, 2.05) is 0 Å². The minimum absolute atomic E-state index is 0.405. The van der Waals surface area contributed by atoms with E-state index in [0.717, 1.165) is 13.2 Å². The Kier molecular flexibility index (Phi) is 7.74. The molecule has 1 heterocycles. The second-order valence-corrected chi connectivity index (χ2v) is 7.25. The summed E-state index contributed by atoms with van der Waals surface area (Å²) in [7, 11) is 0. The van der Waals surface area contributed by atoms with Gasteiger partial charge in [-0.05, 0) is 19.3 Å². The minimum Gasteiger partial charge on any atom is -0.499 e. The molecule has 0 radical (unpaired) electrons. The molecule has 1 atom stereocenters. The van der Waals surface area contributed by atoms with Gasteiger partial charge >= 0.3 is 14.5 Å². The monoisotopic (exact) mass is 228 g/mol. The summed E-state index contributed by atoms with van der Waals surface area (Å²) in [5.41, 5.74) is 0. The summed E-state index contributed by atoms with van der Waals surface area (Å²) >= 11 is -0.885. The smallest absolute Gasteiger partial charge is 0.460 e. The molecule has 0 aromatic heterocycles. The minimum atomic E-state index is -0.885. The lowest BCUT2D eigenvalue weighted by atomic mass is 10.1. The first kappa shape index (κ1) is 13.5. The van der Waals surface area contributed by atoms with Crippen LogP contribution in [0.1, 0.15) is 46.0 Å². The maximum atomic E-state index is 6.08. The van der Waals surface area contributed by atoms with Gasteiger partial charge in [-0.1, -0.05) is 37.3 Å². The van der Waals surface area contributed by atoms with Gasteiger partial charge in [0.15, 0.2) is 0 Å². The van der Waals surface area contributed by atoms with E-state index >= 15 is 0 Å². The van der Waals surface area contributed by atoms with Crippen LogP contribution in [-0.4, -0.2) is 33.8 Å². The molecule has 0 aromatic carbocycles. The molecule has 0 aliphatic carbocycles. The predicted molar refractivity (Wildman–Crippen MR) is 65.5 cm³/mol. The number of hydrogen-bond acceptors (Lipinski definition) is 2. The molecular weight excluding hydrogens is 203 g/mol. The van der Waals surface area contributed by atoms with Gasteiger partial charge in [-0.2, -0.15) is 0 Å². The van der Waals surface area contributed by atoms with Crippen LogP contribution < -0.4 is 0 Å². The maximum absolute atomic E-state index is 6.08. The standard InChI is InChI=1S/C6H11O2.2C3H7.Al/c7-5-6-3-1-2-4-8-6;2*1-3-2;/h6H,1-5H2;2*1,3H2,2H3;/q-1;;;+1. The zero-order valence-electron chi connectivity index (χ0n) is 10.3. The Morgan fingerprint density at radius 3 is 2.47 bits per heavy atom. The third kappa shape index (κ3) is 5.92. The molecule has 88 valence electrons. The summed E-state index contributed by atoms with van der Waals surface area (Å²) in [5, 5.41) is 2.67. The van der Waals surface area contributed by atoms with Gasteiger partial charge in [0.25, 0.3) is 0 Å². The van der Waals surface area contributed by atoms with Crippen LogP contribution in [0.2, 0.25) is 10.6 Å². The molecular formula is C12H25AlO2. The largest absolute Gasteiger partial charge is 0.499 e. The molecule has 1 aliphatic heterocycles. The van der Waals surface area contributed by atoms with Crippen molar-refractivity contribution in [3.63, 3.8) is 0 Å². The number of rotatable bonds is 7. The predicted octanol–water partition coefficient (Wildman–Crippen LogP) is 3.38. The quantitative estimate of drug-likeness (QED) is 0.622. The SMILES string of the molecule is CC[CH2][Al]([CH2]CC)[O]CC1CCCCO1. The van der Waals surface area contributed by atoms with Gasteiger partial charge in [-0.15, -0.1) is 0 Å². The Balaban J connectivity index is 2.13. The lowest BCUT2D eigenvalue weighted by Crippen LogP contribution is -2.29. The third-order valence-corrected chi connectivity index (χ3v) is 6.12.